The van der Waals surface area contributed by atoms with Gasteiger partial charge in [-0.25, -0.2) is 0 Å². The molecular formula is C49H35N3. The zero-order chi connectivity index (χ0) is 34.8. The van der Waals surface area contributed by atoms with Crippen LogP contribution < -0.4 is 0 Å². The predicted molar refractivity (Wildman–Crippen MR) is 222 cm³/mol. The van der Waals surface area contributed by atoms with Crippen molar-refractivity contribution >= 4 is 71.0 Å². The third-order valence-electron chi connectivity index (χ3n) is 10.5. The number of para-hydroxylation sites is 4. The predicted octanol–water partition coefficient (Wildman–Crippen LogP) is 13.1. The first-order valence-corrected chi connectivity index (χ1v) is 17.9. The van der Waals surface area contributed by atoms with Crippen LogP contribution in [0.4, 0.5) is 0 Å². The summed E-state index contributed by atoms with van der Waals surface area (Å²) in [5.74, 6) is 0. The summed E-state index contributed by atoms with van der Waals surface area (Å²) < 4.78 is 7.24. The Bertz CT molecular complexity index is 3070. The molecule has 3 heteroatoms. The van der Waals surface area contributed by atoms with Crippen LogP contribution >= 0.6 is 0 Å². The molecule has 0 saturated carbocycles. The first-order chi connectivity index (χ1) is 25.7. The lowest BCUT2D eigenvalue weighted by molar-refractivity contribution is 1.16. The molecule has 0 aliphatic rings. The van der Waals surface area contributed by atoms with Crippen molar-refractivity contribution in [2.24, 2.45) is 0 Å². The Labute approximate surface area is 301 Å². The van der Waals surface area contributed by atoms with Crippen molar-refractivity contribution in [2.75, 3.05) is 0 Å². The molecule has 246 valence electrons. The first kappa shape index (κ1) is 30.0. The molecule has 0 spiro atoms. The van der Waals surface area contributed by atoms with E-state index in [1.54, 1.807) is 0 Å². The normalized spacial score (nSPS) is 12.4. The lowest BCUT2D eigenvalue weighted by Gasteiger charge is -2.11. The van der Waals surface area contributed by atoms with Crippen LogP contribution in [0.5, 0.6) is 0 Å². The van der Waals surface area contributed by atoms with Crippen molar-refractivity contribution in [2.45, 2.75) is 6.92 Å². The van der Waals surface area contributed by atoms with E-state index in [9.17, 15) is 0 Å². The standard InChI is InChI=1S/C49H35N3/c1-3-5-15-33(4-2)34-24-26-36(27-25-34)51-43-22-13-10-19-39(43)48-46(51)30-31-47-49(48)40-20-11-14-23-44(40)52(47)37-28-29-45-41(32-37)38-18-9-12-21-42(38)50(45)35-16-7-6-8-17-35/h3-32H,2H2,1H3/b5-3-,33-15+. The van der Waals surface area contributed by atoms with Gasteiger partial charge < -0.3 is 13.7 Å². The molecule has 0 bridgehead atoms. The second kappa shape index (κ2) is 11.9. The van der Waals surface area contributed by atoms with E-state index >= 15 is 0 Å². The first-order valence-electron chi connectivity index (χ1n) is 17.9. The average Bonchev–Trinajstić information content (AvgIpc) is 3.84. The molecule has 0 atom stereocenters. The molecule has 0 aliphatic heterocycles. The Hall–Kier alpha value is -6.84. The number of benzene rings is 7. The van der Waals surface area contributed by atoms with Gasteiger partial charge in [0.2, 0.25) is 0 Å². The van der Waals surface area contributed by atoms with E-state index in [4.69, 9.17) is 0 Å². The molecule has 3 nitrogen and oxygen atoms in total. The van der Waals surface area contributed by atoms with Crippen molar-refractivity contribution in [3.05, 3.63) is 194 Å². The van der Waals surface area contributed by atoms with Gasteiger partial charge in [-0.3, -0.25) is 0 Å². The Balaban J connectivity index is 1.23. The number of hydrogen-bond donors (Lipinski definition) is 0. The van der Waals surface area contributed by atoms with Gasteiger partial charge in [0, 0.05) is 49.4 Å². The fourth-order valence-electron chi connectivity index (χ4n) is 8.31. The molecule has 0 aliphatic carbocycles. The summed E-state index contributed by atoms with van der Waals surface area (Å²) in [6.45, 7) is 6.08. The maximum absolute atomic E-state index is 4.05. The fraction of sp³-hybridized carbons (Fsp3) is 0.0204. The Morgan fingerprint density at radius 3 is 1.52 bits per heavy atom. The Morgan fingerprint density at radius 2 is 0.904 bits per heavy atom. The molecule has 3 heterocycles. The molecule has 10 rings (SSSR count). The summed E-state index contributed by atoms with van der Waals surface area (Å²) >= 11 is 0. The number of fused-ring (bicyclic) bond motifs is 10. The minimum Gasteiger partial charge on any atom is -0.309 e. The molecule has 10 aromatic rings. The van der Waals surface area contributed by atoms with Gasteiger partial charge >= 0.3 is 0 Å². The average molecular weight is 666 g/mol. The third-order valence-corrected chi connectivity index (χ3v) is 10.5. The molecule has 3 aromatic heterocycles. The summed E-state index contributed by atoms with van der Waals surface area (Å²) in [6.07, 6.45) is 8.12. The highest BCUT2D eigenvalue weighted by Crippen LogP contribution is 2.43. The minimum absolute atomic E-state index is 1.10. The summed E-state index contributed by atoms with van der Waals surface area (Å²) in [6, 6.07) is 57.5. The van der Waals surface area contributed by atoms with E-state index in [1.807, 2.05) is 19.1 Å². The smallest absolute Gasteiger partial charge is 0.0548 e. The molecule has 0 amide bonds. The van der Waals surface area contributed by atoms with Gasteiger partial charge in [-0.15, -0.1) is 0 Å². The maximum atomic E-state index is 4.05. The number of aromatic nitrogens is 3. The van der Waals surface area contributed by atoms with Gasteiger partial charge in [0.05, 0.1) is 33.1 Å². The lowest BCUT2D eigenvalue weighted by atomic mass is 10.0. The van der Waals surface area contributed by atoms with Gasteiger partial charge in [0.1, 0.15) is 0 Å². The summed E-state index contributed by atoms with van der Waals surface area (Å²) in [7, 11) is 0. The minimum atomic E-state index is 1.10. The van der Waals surface area contributed by atoms with E-state index < -0.39 is 0 Å². The quantitative estimate of drug-likeness (QED) is 0.157. The summed E-state index contributed by atoms with van der Waals surface area (Å²) in [5.41, 5.74) is 12.9. The van der Waals surface area contributed by atoms with Gasteiger partial charge in [0.15, 0.2) is 0 Å². The van der Waals surface area contributed by atoms with Crippen molar-refractivity contribution in [1.29, 1.82) is 0 Å². The van der Waals surface area contributed by atoms with Crippen LogP contribution in [0.15, 0.2) is 189 Å². The second-order valence-electron chi connectivity index (χ2n) is 13.3. The van der Waals surface area contributed by atoms with E-state index in [-0.39, 0.29) is 0 Å². The summed E-state index contributed by atoms with van der Waals surface area (Å²) in [4.78, 5) is 0. The fourth-order valence-corrected chi connectivity index (χ4v) is 8.31. The third kappa shape index (κ3) is 4.39. The Kier molecular flexibility index (Phi) is 6.87. The van der Waals surface area contributed by atoms with Crippen LogP contribution in [0.1, 0.15) is 12.5 Å². The topological polar surface area (TPSA) is 14.8 Å². The van der Waals surface area contributed by atoms with Gasteiger partial charge in [0.25, 0.3) is 0 Å². The van der Waals surface area contributed by atoms with Gasteiger partial charge in [-0.2, -0.15) is 0 Å². The maximum Gasteiger partial charge on any atom is 0.0548 e. The van der Waals surface area contributed by atoms with E-state index in [2.05, 4.69) is 190 Å². The SMILES string of the molecule is C=C/C(=C\C=C/C)c1ccc(-n2c3ccccc3c3c4c5ccccc5n(-c5ccc6c(c5)c5ccccc5n6-c5ccccc5)c4ccc32)cc1. The molecule has 0 fully saturated rings. The van der Waals surface area contributed by atoms with Crippen LogP contribution in [0.2, 0.25) is 0 Å². The lowest BCUT2D eigenvalue weighted by Crippen LogP contribution is -1.96. The molecular weight excluding hydrogens is 631 g/mol. The van der Waals surface area contributed by atoms with Crippen molar-refractivity contribution in [3.63, 3.8) is 0 Å². The van der Waals surface area contributed by atoms with Crippen LogP contribution in [0.3, 0.4) is 0 Å². The molecule has 52 heavy (non-hydrogen) atoms. The number of allylic oxidation sites excluding steroid dienone is 5. The van der Waals surface area contributed by atoms with Crippen LogP contribution in [-0.4, -0.2) is 13.7 Å². The summed E-state index contributed by atoms with van der Waals surface area (Å²) in [5, 5.41) is 7.53. The zero-order valence-electron chi connectivity index (χ0n) is 28.9. The van der Waals surface area contributed by atoms with Crippen LogP contribution in [0.25, 0.3) is 88.1 Å². The van der Waals surface area contributed by atoms with Crippen molar-refractivity contribution < 1.29 is 0 Å². The number of rotatable bonds is 6. The highest BCUT2D eigenvalue weighted by molar-refractivity contribution is 6.29. The van der Waals surface area contributed by atoms with Crippen molar-refractivity contribution in [1.82, 2.24) is 13.7 Å². The monoisotopic (exact) mass is 665 g/mol. The van der Waals surface area contributed by atoms with Crippen LogP contribution in [0, 0.1) is 0 Å². The molecule has 0 saturated heterocycles. The zero-order valence-corrected chi connectivity index (χ0v) is 28.9. The van der Waals surface area contributed by atoms with Gasteiger partial charge in [-0.1, -0.05) is 116 Å². The molecule has 7 aromatic carbocycles. The number of nitrogens with zero attached hydrogens (tertiary/aromatic N) is 3. The van der Waals surface area contributed by atoms with E-state index in [1.165, 1.54) is 65.4 Å². The molecule has 0 unspecified atom stereocenters. The second-order valence-corrected chi connectivity index (χ2v) is 13.3. The van der Waals surface area contributed by atoms with Gasteiger partial charge in [-0.05, 0) is 90.9 Å². The van der Waals surface area contributed by atoms with Crippen molar-refractivity contribution in [3.8, 4) is 17.1 Å². The largest absolute Gasteiger partial charge is 0.309 e. The highest BCUT2D eigenvalue weighted by atomic mass is 15.0. The molecule has 0 N–H and O–H groups in total. The Morgan fingerprint density at radius 1 is 0.442 bits per heavy atom. The van der Waals surface area contributed by atoms with E-state index in [0.29, 0.717) is 0 Å². The number of hydrogen-bond acceptors (Lipinski definition) is 0. The van der Waals surface area contributed by atoms with E-state index in [0.717, 1.165) is 28.2 Å². The highest BCUT2D eigenvalue weighted by Gasteiger charge is 2.21. The van der Waals surface area contributed by atoms with Crippen LogP contribution in [-0.2, 0) is 0 Å². The molecule has 0 radical (unpaired) electrons.